The summed E-state index contributed by atoms with van der Waals surface area (Å²) in [4.78, 5) is 0. The summed E-state index contributed by atoms with van der Waals surface area (Å²) in [5.41, 5.74) is 0.103. The SMILES string of the molecule is CCCCC(CCCC)(CCCC)COP(=O)(OCC)OCC. The minimum Gasteiger partial charge on any atom is -0.287 e. The van der Waals surface area contributed by atoms with Gasteiger partial charge in [0.25, 0.3) is 0 Å². The molecular formula is C18H39O4P. The molecule has 0 rings (SSSR count). The van der Waals surface area contributed by atoms with Crippen LogP contribution in [-0.2, 0) is 18.1 Å². The van der Waals surface area contributed by atoms with Crippen molar-refractivity contribution in [3.05, 3.63) is 0 Å². The van der Waals surface area contributed by atoms with Gasteiger partial charge in [-0.15, -0.1) is 0 Å². The van der Waals surface area contributed by atoms with Gasteiger partial charge in [0.1, 0.15) is 0 Å². The van der Waals surface area contributed by atoms with Gasteiger partial charge in [0.2, 0.25) is 0 Å². The minimum atomic E-state index is -3.41. The monoisotopic (exact) mass is 350 g/mol. The second-order valence-corrected chi connectivity index (χ2v) is 8.04. The zero-order chi connectivity index (χ0) is 17.6. The smallest absolute Gasteiger partial charge is 0.287 e. The molecule has 0 fully saturated rings. The van der Waals surface area contributed by atoms with Crippen molar-refractivity contribution in [2.45, 2.75) is 92.4 Å². The van der Waals surface area contributed by atoms with E-state index in [1.165, 1.54) is 38.5 Å². The summed E-state index contributed by atoms with van der Waals surface area (Å²) in [7, 11) is -3.41. The van der Waals surface area contributed by atoms with Gasteiger partial charge in [-0.2, -0.15) is 0 Å². The van der Waals surface area contributed by atoms with Gasteiger partial charge in [-0.3, -0.25) is 13.6 Å². The van der Waals surface area contributed by atoms with Gasteiger partial charge in [-0.05, 0) is 38.5 Å². The standard InChI is InChI=1S/C18H39O4P/c1-6-11-14-18(15-12-7-2,16-13-8-3)17-22-23(19,20-9-4)21-10-5/h6-17H2,1-5H3. The molecule has 0 radical (unpaired) electrons. The highest BCUT2D eigenvalue weighted by molar-refractivity contribution is 7.48. The van der Waals surface area contributed by atoms with Crippen molar-refractivity contribution in [3.8, 4) is 0 Å². The lowest BCUT2D eigenvalue weighted by Gasteiger charge is -2.35. The third-order valence-electron chi connectivity index (χ3n) is 4.29. The summed E-state index contributed by atoms with van der Waals surface area (Å²) in [5.74, 6) is 0. The highest BCUT2D eigenvalue weighted by Crippen LogP contribution is 2.52. The Balaban J connectivity index is 5.01. The summed E-state index contributed by atoms with van der Waals surface area (Å²) in [5, 5.41) is 0. The molecule has 0 heterocycles. The summed E-state index contributed by atoms with van der Waals surface area (Å²) >= 11 is 0. The van der Waals surface area contributed by atoms with Gasteiger partial charge in [0.05, 0.1) is 19.8 Å². The Morgan fingerprint density at radius 3 is 1.39 bits per heavy atom. The molecule has 140 valence electrons. The Bertz CT molecular complexity index is 288. The summed E-state index contributed by atoms with van der Waals surface area (Å²) in [6.45, 7) is 11.4. The molecule has 4 nitrogen and oxygen atoms in total. The number of unbranched alkanes of at least 4 members (excludes halogenated alkanes) is 3. The molecule has 0 aromatic heterocycles. The van der Waals surface area contributed by atoms with Crippen LogP contribution in [0, 0.1) is 5.41 Å². The third kappa shape index (κ3) is 9.86. The van der Waals surface area contributed by atoms with Gasteiger partial charge >= 0.3 is 7.82 Å². The predicted octanol–water partition coefficient (Wildman–Crippen LogP) is 6.74. The molecule has 0 atom stereocenters. The third-order valence-corrected chi connectivity index (χ3v) is 5.88. The summed E-state index contributed by atoms with van der Waals surface area (Å²) in [6, 6.07) is 0. The number of phosphoric acid groups is 1. The van der Waals surface area contributed by atoms with E-state index >= 15 is 0 Å². The topological polar surface area (TPSA) is 44.8 Å². The minimum absolute atomic E-state index is 0.103. The second-order valence-electron chi connectivity index (χ2n) is 6.37. The molecule has 23 heavy (non-hydrogen) atoms. The van der Waals surface area contributed by atoms with Crippen LogP contribution < -0.4 is 0 Å². The summed E-state index contributed by atoms with van der Waals surface area (Å²) < 4.78 is 29.0. The molecule has 0 unspecified atom stereocenters. The zero-order valence-electron chi connectivity index (χ0n) is 16.1. The van der Waals surface area contributed by atoms with Gasteiger partial charge in [0, 0.05) is 0 Å². The zero-order valence-corrected chi connectivity index (χ0v) is 17.0. The van der Waals surface area contributed by atoms with E-state index in [2.05, 4.69) is 20.8 Å². The maximum atomic E-state index is 12.6. The lowest BCUT2D eigenvalue weighted by molar-refractivity contribution is 0.0538. The van der Waals surface area contributed by atoms with Crippen molar-refractivity contribution in [1.29, 1.82) is 0 Å². The Kier molecular flexibility index (Phi) is 13.5. The first-order valence-electron chi connectivity index (χ1n) is 9.55. The molecule has 5 heteroatoms. The molecule has 0 amide bonds. The van der Waals surface area contributed by atoms with E-state index < -0.39 is 7.82 Å². The quantitative estimate of drug-likeness (QED) is 0.289. The Morgan fingerprint density at radius 2 is 1.09 bits per heavy atom. The molecule has 0 aliphatic rings. The molecule has 0 saturated heterocycles. The molecule has 0 bridgehead atoms. The van der Waals surface area contributed by atoms with E-state index in [1.807, 2.05) is 13.8 Å². The van der Waals surface area contributed by atoms with Crippen LogP contribution >= 0.6 is 7.82 Å². The second kappa shape index (κ2) is 13.4. The lowest BCUT2D eigenvalue weighted by atomic mass is 9.75. The largest absolute Gasteiger partial charge is 0.474 e. The highest BCUT2D eigenvalue weighted by Gasteiger charge is 2.34. The predicted molar refractivity (Wildman–Crippen MR) is 97.8 cm³/mol. The van der Waals surface area contributed by atoms with Crippen LogP contribution in [0.4, 0.5) is 0 Å². The van der Waals surface area contributed by atoms with Crippen molar-refractivity contribution in [1.82, 2.24) is 0 Å². The normalized spacial score (nSPS) is 12.7. The average Bonchev–Trinajstić information content (AvgIpc) is 2.54. The molecule has 0 aliphatic heterocycles. The first kappa shape index (κ1) is 23.1. The fraction of sp³-hybridized carbons (Fsp3) is 1.00. The Hall–Kier alpha value is 0.110. The van der Waals surface area contributed by atoms with Crippen LogP contribution in [0.1, 0.15) is 92.4 Å². The summed E-state index contributed by atoms with van der Waals surface area (Å²) in [6.07, 6.45) is 10.5. The maximum absolute atomic E-state index is 12.6. The highest BCUT2D eigenvalue weighted by atomic mass is 31.2. The van der Waals surface area contributed by atoms with E-state index in [0.29, 0.717) is 19.8 Å². The van der Waals surface area contributed by atoms with Crippen molar-refractivity contribution in [2.24, 2.45) is 5.41 Å². The van der Waals surface area contributed by atoms with Crippen molar-refractivity contribution < 1.29 is 18.1 Å². The van der Waals surface area contributed by atoms with E-state index in [0.717, 1.165) is 19.3 Å². The maximum Gasteiger partial charge on any atom is 0.474 e. The molecule has 0 aromatic rings. The van der Waals surface area contributed by atoms with Crippen molar-refractivity contribution in [2.75, 3.05) is 19.8 Å². The van der Waals surface area contributed by atoms with Gasteiger partial charge < -0.3 is 0 Å². The van der Waals surface area contributed by atoms with Gasteiger partial charge in [-0.25, -0.2) is 4.57 Å². The van der Waals surface area contributed by atoms with Crippen LogP contribution in [0.25, 0.3) is 0 Å². The Morgan fingerprint density at radius 1 is 0.696 bits per heavy atom. The first-order valence-corrected chi connectivity index (χ1v) is 11.0. The number of phosphoric ester groups is 1. The van der Waals surface area contributed by atoms with Crippen LogP contribution in [0.2, 0.25) is 0 Å². The van der Waals surface area contributed by atoms with Gasteiger partial charge in [0.15, 0.2) is 0 Å². The number of hydrogen-bond donors (Lipinski definition) is 0. The van der Waals surface area contributed by atoms with Crippen molar-refractivity contribution in [3.63, 3.8) is 0 Å². The molecule has 0 saturated carbocycles. The van der Waals surface area contributed by atoms with E-state index in [-0.39, 0.29) is 5.41 Å². The van der Waals surface area contributed by atoms with Gasteiger partial charge in [-0.1, -0.05) is 59.3 Å². The van der Waals surface area contributed by atoms with Crippen LogP contribution in [-0.4, -0.2) is 19.8 Å². The Labute approximate surface area is 144 Å². The van der Waals surface area contributed by atoms with Crippen LogP contribution in [0.15, 0.2) is 0 Å². The van der Waals surface area contributed by atoms with E-state index in [9.17, 15) is 4.57 Å². The fourth-order valence-electron chi connectivity index (χ4n) is 2.89. The van der Waals surface area contributed by atoms with E-state index in [1.54, 1.807) is 0 Å². The molecule has 0 N–H and O–H groups in total. The number of hydrogen-bond acceptors (Lipinski definition) is 4. The molecule has 0 aliphatic carbocycles. The van der Waals surface area contributed by atoms with Crippen LogP contribution in [0.5, 0.6) is 0 Å². The molecule has 0 aromatic carbocycles. The molecule has 0 spiro atoms. The van der Waals surface area contributed by atoms with Crippen LogP contribution in [0.3, 0.4) is 0 Å². The molecular weight excluding hydrogens is 311 g/mol. The average molecular weight is 350 g/mol. The number of rotatable bonds is 16. The van der Waals surface area contributed by atoms with E-state index in [4.69, 9.17) is 13.6 Å². The fourth-order valence-corrected chi connectivity index (χ4v) is 4.18. The first-order chi connectivity index (χ1) is 11.0. The lowest BCUT2D eigenvalue weighted by Crippen LogP contribution is -2.27. The van der Waals surface area contributed by atoms with Crippen molar-refractivity contribution >= 4 is 7.82 Å².